The van der Waals surface area contributed by atoms with E-state index in [0.717, 1.165) is 69.1 Å². The molecule has 2 saturated heterocycles. The topological polar surface area (TPSA) is 151 Å². The maximum Gasteiger partial charge on any atom is 0.321 e. The van der Waals surface area contributed by atoms with Gasteiger partial charge >= 0.3 is 6.03 Å². The average Bonchev–Trinajstić information content (AvgIpc) is 3.74. The van der Waals surface area contributed by atoms with Gasteiger partial charge in [0.2, 0.25) is 5.95 Å². The van der Waals surface area contributed by atoms with Crippen LogP contribution in [0, 0.1) is 0 Å². The quantitative estimate of drug-likeness (QED) is 0.290. The lowest BCUT2D eigenvalue weighted by Crippen LogP contribution is -2.44. The fourth-order valence-electron chi connectivity index (χ4n) is 5.19. The Morgan fingerprint density at radius 1 is 0.975 bits per heavy atom. The van der Waals surface area contributed by atoms with E-state index in [-0.39, 0.29) is 11.9 Å². The van der Waals surface area contributed by atoms with Crippen LogP contribution in [0.1, 0.15) is 30.4 Å². The number of carbonyl (C=O) groups is 2. The minimum atomic E-state index is -0.346. The summed E-state index contributed by atoms with van der Waals surface area (Å²) in [5.74, 6) is 1.41. The van der Waals surface area contributed by atoms with Crippen LogP contribution >= 0.6 is 0 Å². The molecule has 0 unspecified atom stereocenters. The Morgan fingerprint density at radius 2 is 1.77 bits per heavy atom. The molecule has 0 radical (unpaired) electrons. The van der Waals surface area contributed by atoms with E-state index in [1.54, 1.807) is 12.5 Å². The standard InChI is InChI=1S/C27H33N11O2/c1-3-28-27(40)35-26-33-20-13-17(21-15-29-24(32-21)25(39)38-6-4-5-7-38)12-18(23(20)34-26)19-14-22(31-16-30-19)37-10-8-36(2)9-11-37/h12-16H,3-11H2,1-2H3,(H,29,32)(H3,28,33,34,35,40). The molecule has 6 rings (SSSR count). The highest BCUT2D eigenvalue weighted by atomic mass is 16.2. The van der Waals surface area contributed by atoms with Crippen molar-refractivity contribution in [2.24, 2.45) is 0 Å². The first-order chi connectivity index (χ1) is 19.5. The zero-order valence-corrected chi connectivity index (χ0v) is 22.7. The number of piperazine rings is 1. The molecule has 0 atom stereocenters. The van der Waals surface area contributed by atoms with Gasteiger partial charge in [0.15, 0.2) is 5.82 Å². The molecule has 0 bridgehead atoms. The van der Waals surface area contributed by atoms with Crippen molar-refractivity contribution >= 4 is 34.7 Å². The van der Waals surface area contributed by atoms with Crippen LogP contribution in [-0.4, -0.2) is 105 Å². The van der Waals surface area contributed by atoms with Crippen LogP contribution < -0.4 is 15.5 Å². The summed E-state index contributed by atoms with van der Waals surface area (Å²) in [7, 11) is 2.12. The van der Waals surface area contributed by atoms with Crippen molar-refractivity contribution in [1.29, 1.82) is 0 Å². The van der Waals surface area contributed by atoms with E-state index in [0.29, 0.717) is 40.7 Å². The Hall–Kier alpha value is -4.52. The van der Waals surface area contributed by atoms with Gasteiger partial charge in [-0.1, -0.05) is 0 Å². The summed E-state index contributed by atoms with van der Waals surface area (Å²) in [6.45, 7) is 7.55. The predicted octanol–water partition coefficient (Wildman–Crippen LogP) is 2.54. The fourth-order valence-corrected chi connectivity index (χ4v) is 5.19. The first-order valence-electron chi connectivity index (χ1n) is 13.7. The number of anilines is 2. The van der Waals surface area contributed by atoms with Gasteiger partial charge in [-0.15, -0.1) is 0 Å². The monoisotopic (exact) mass is 543 g/mol. The van der Waals surface area contributed by atoms with Crippen LogP contribution in [0.2, 0.25) is 0 Å². The number of rotatable bonds is 6. The smallest absolute Gasteiger partial charge is 0.321 e. The lowest BCUT2D eigenvalue weighted by Gasteiger charge is -2.33. The fraction of sp³-hybridized carbons (Fsp3) is 0.407. The van der Waals surface area contributed by atoms with Gasteiger partial charge in [-0.05, 0) is 38.9 Å². The first kappa shape index (κ1) is 25.7. The van der Waals surface area contributed by atoms with E-state index < -0.39 is 0 Å². The van der Waals surface area contributed by atoms with E-state index >= 15 is 0 Å². The zero-order valence-electron chi connectivity index (χ0n) is 22.7. The lowest BCUT2D eigenvalue weighted by molar-refractivity contribution is 0.0782. The number of nitrogens with zero attached hydrogens (tertiary/aromatic N) is 7. The van der Waals surface area contributed by atoms with E-state index in [4.69, 9.17) is 0 Å². The van der Waals surface area contributed by atoms with Gasteiger partial charge in [0, 0.05) is 63.0 Å². The Balaban J connectivity index is 1.40. The Kier molecular flexibility index (Phi) is 7.03. The second kappa shape index (κ2) is 10.9. The third-order valence-corrected chi connectivity index (χ3v) is 7.39. The number of hydrogen-bond acceptors (Lipinski definition) is 8. The maximum absolute atomic E-state index is 12.9. The van der Waals surface area contributed by atoms with Crippen LogP contribution in [0.4, 0.5) is 16.6 Å². The molecule has 1 aromatic carbocycles. The van der Waals surface area contributed by atoms with Crippen molar-refractivity contribution in [2.75, 3.05) is 63.1 Å². The van der Waals surface area contributed by atoms with Crippen molar-refractivity contribution in [3.05, 3.63) is 36.5 Å². The number of imidazole rings is 2. The van der Waals surface area contributed by atoms with E-state index in [9.17, 15) is 9.59 Å². The molecule has 3 amide bonds. The van der Waals surface area contributed by atoms with Crippen LogP contribution in [-0.2, 0) is 0 Å². The number of H-pyrrole nitrogens is 2. The zero-order chi connectivity index (χ0) is 27.6. The second-order valence-electron chi connectivity index (χ2n) is 10.2. The molecule has 2 aliphatic heterocycles. The van der Waals surface area contributed by atoms with Gasteiger partial charge in [0.25, 0.3) is 5.91 Å². The third-order valence-electron chi connectivity index (χ3n) is 7.39. The molecule has 13 heteroatoms. The van der Waals surface area contributed by atoms with Gasteiger partial charge in [-0.2, -0.15) is 0 Å². The van der Waals surface area contributed by atoms with Crippen molar-refractivity contribution in [2.45, 2.75) is 19.8 Å². The Morgan fingerprint density at radius 3 is 2.55 bits per heavy atom. The number of likely N-dealkylation sites (N-methyl/N-ethyl adjacent to an activating group) is 1. The van der Waals surface area contributed by atoms with E-state index in [1.165, 1.54) is 0 Å². The number of likely N-dealkylation sites (tertiary alicyclic amines) is 1. The van der Waals surface area contributed by atoms with Crippen LogP contribution in [0.5, 0.6) is 0 Å². The summed E-state index contributed by atoms with van der Waals surface area (Å²) in [5, 5.41) is 5.47. The Labute approximate surface area is 231 Å². The van der Waals surface area contributed by atoms with Crippen molar-refractivity contribution < 1.29 is 9.59 Å². The molecule has 0 aliphatic carbocycles. The summed E-state index contributed by atoms with van der Waals surface area (Å²) in [5.41, 5.74) is 4.36. The van der Waals surface area contributed by atoms with E-state index in [2.05, 4.69) is 57.4 Å². The van der Waals surface area contributed by atoms with Crippen molar-refractivity contribution in [3.63, 3.8) is 0 Å². The Bertz CT molecular complexity index is 1530. The van der Waals surface area contributed by atoms with Gasteiger partial charge in [-0.3, -0.25) is 10.1 Å². The molecule has 4 N–H and O–H groups in total. The largest absolute Gasteiger partial charge is 0.354 e. The van der Waals surface area contributed by atoms with Crippen molar-refractivity contribution in [3.8, 4) is 22.5 Å². The second-order valence-corrected chi connectivity index (χ2v) is 10.2. The molecule has 5 heterocycles. The number of aromatic amines is 2. The molecule has 4 aromatic rings. The minimum Gasteiger partial charge on any atom is -0.354 e. The summed E-state index contributed by atoms with van der Waals surface area (Å²) in [4.78, 5) is 56.1. The van der Waals surface area contributed by atoms with Crippen LogP contribution in [0.15, 0.2) is 30.7 Å². The molecule has 2 aliphatic rings. The summed E-state index contributed by atoms with van der Waals surface area (Å²) >= 11 is 0. The highest BCUT2D eigenvalue weighted by molar-refractivity contribution is 5.98. The molecule has 0 spiro atoms. The molecule has 2 fully saturated rings. The summed E-state index contributed by atoms with van der Waals surface area (Å²) in [6.07, 6.45) is 5.28. The van der Waals surface area contributed by atoms with Gasteiger partial charge in [-0.25, -0.2) is 24.7 Å². The normalized spacial score (nSPS) is 16.1. The number of aromatic nitrogens is 6. The van der Waals surface area contributed by atoms with Gasteiger partial charge in [0.1, 0.15) is 12.1 Å². The lowest BCUT2D eigenvalue weighted by atomic mass is 10.0. The van der Waals surface area contributed by atoms with Gasteiger partial charge < -0.3 is 30.0 Å². The number of benzene rings is 1. The molecular weight excluding hydrogens is 510 g/mol. The summed E-state index contributed by atoms with van der Waals surface area (Å²) < 4.78 is 0. The SMILES string of the molecule is CCNC(=O)Nc1nc2c(-c3cc(N4CCN(C)CC4)ncn3)cc(-c3cnc(C(=O)N4CCCC4)[nH]3)cc2[nH]1. The number of hydrogen-bond donors (Lipinski definition) is 4. The van der Waals surface area contributed by atoms with Crippen LogP contribution in [0.3, 0.4) is 0 Å². The summed E-state index contributed by atoms with van der Waals surface area (Å²) in [6, 6.07) is 5.54. The highest BCUT2D eigenvalue weighted by Gasteiger charge is 2.23. The molecule has 13 nitrogen and oxygen atoms in total. The molecule has 3 aromatic heterocycles. The average molecular weight is 544 g/mol. The molecule has 208 valence electrons. The number of amides is 3. The maximum atomic E-state index is 12.9. The van der Waals surface area contributed by atoms with Crippen LogP contribution in [0.25, 0.3) is 33.5 Å². The van der Waals surface area contributed by atoms with Gasteiger partial charge in [0.05, 0.1) is 28.6 Å². The number of carbonyl (C=O) groups excluding carboxylic acids is 2. The van der Waals surface area contributed by atoms with E-state index in [1.807, 2.05) is 30.0 Å². The number of urea groups is 1. The number of fused-ring (bicyclic) bond motifs is 1. The highest BCUT2D eigenvalue weighted by Crippen LogP contribution is 2.33. The third kappa shape index (κ3) is 5.19. The molecular formula is C27H33N11O2. The first-order valence-corrected chi connectivity index (χ1v) is 13.7. The molecule has 40 heavy (non-hydrogen) atoms. The minimum absolute atomic E-state index is 0.0902. The molecule has 0 saturated carbocycles. The van der Waals surface area contributed by atoms with Crippen molar-refractivity contribution in [1.82, 2.24) is 45.0 Å². The predicted molar refractivity (Wildman–Crippen MR) is 152 cm³/mol. The number of nitrogens with one attached hydrogen (secondary N) is 4.